The second-order valence-corrected chi connectivity index (χ2v) is 6.33. The lowest BCUT2D eigenvalue weighted by molar-refractivity contribution is -0.121. The van der Waals surface area contributed by atoms with Crippen molar-refractivity contribution in [3.05, 3.63) is 66.0 Å². The number of rotatable bonds is 6. The summed E-state index contributed by atoms with van der Waals surface area (Å²) < 4.78 is 5.43. The Balaban J connectivity index is 1.61. The van der Waals surface area contributed by atoms with Crippen LogP contribution in [0.5, 0.6) is 0 Å². The van der Waals surface area contributed by atoms with Crippen molar-refractivity contribution >= 4 is 11.8 Å². The maximum absolute atomic E-state index is 12.4. The first-order chi connectivity index (χ1) is 12.7. The second-order valence-electron chi connectivity index (χ2n) is 6.33. The van der Waals surface area contributed by atoms with Crippen LogP contribution in [0.3, 0.4) is 0 Å². The molecule has 1 saturated heterocycles. The van der Waals surface area contributed by atoms with E-state index in [1.807, 2.05) is 18.2 Å². The fraction of sp³-hybridized carbons (Fsp3) is 0.350. The molecule has 0 saturated carbocycles. The highest BCUT2D eigenvalue weighted by Crippen LogP contribution is 2.29. The fourth-order valence-corrected chi connectivity index (χ4v) is 3.16. The van der Waals surface area contributed by atoms with E-state index >= 15 is 0 Å². The van der Waals surface area contributed by atoms with Crippen LogP contribution in [0.15, 0.2) is 54.9 Å². The van der Waals surface area contributed by atoms with Crippen molar-refractivity contribution < 1.29 is 14.3 Å². The minimum absolute atomic E-state index is 0.0618. The van der Waals surface area contributed by atoms with E-state index in [-0.39, 0.29) is 24.4 Å². The quantitative estimate of drug-likeness (QED) is 0.833. The Bertz CT molecular complexity index is 716. The lowest BCUT2D eigenvalue weighted by Crippen LogP contribution is -2.41. The van der Waals surface area contributed by atoms with Gasteiger partial charge < -0.3 is 15.4 Å². The summed E-state index contributed by atoms with van der Waals surface area (Å²) in [5, 5.41) is 5.73. The van der Waals surface area contributed by atoms with Crippen LogP contribution in [0.4, 0.5) is 0 Å². The first-order valence-corrected chi connectivity index (χ1v) is 8.84. The van der Waals surface area contributed by atoms with Gasteiger partial charge in [0.05, 0.1) is 12.6 Å². The van der Waals surface area contributed by atoms with Crippen LogP contribution < -0.4 is 10.6 Å². The molecule has 0 radical (unpaired) electrons. The van der Waals surface area contributed by atoms with Crippen LogP contribution in [0.25, 0.3) is 0 Å². The number of pyridine rings is 1. The van der Waals surface area contributed by atoms with Crippen molar-refractivity contribution in [2.24, 2.45) is 5.92 Å². The van der Waals surface area contributed by atoms with Crippen molar-refractivity contribution in [3.8, 4) is 0 Å². The van der Waals surface area contributed by atoms with E-state index in [1.54, 1.807) is 36.7 Å². The monoisotopic (exact) mass is 353 g/mol. The number of aromatic nitrogens is 1. The zero-order valence-corrected chi connectivity index (χ0v) is 14.6. The molecule has 136 valence electrons. The Morgan fingerprint density at radius 3 is 2.58 bits per heavy atom. The number of nitrogens with one attached hydrogen (secondary N) is 2. The van der Waals surface area contributed by atoms with Crippen molar-refractivity contribution in [1.29, 1.82) is 0 Å². The van der Waals surface area contributed by atoms with Crippen LogP contribution in [0.1, 0.15) is 34.8 Å². The van der Waals surface area contributed by atoms with E-state index < -0.39 is 0 Å². The van der Waals surface area contributed by atoms with Gasteiger partial charge in [-0.3, -0.25) is 14.6 Å². The molecule has 1 atom stereocenters. The van der Waals surface area contributed by atoms with Gasteiger partial charge in [-0.25, -0.2) is 0 Å². The van der Waals surface area contributed by atoms with Crippen LogP contribution in [-0.4, -0.2) is 36.6 Å². The third-order valence-electron chi connectivity index (χ3n) is 4.54. The molecule has 0 bridgehead atoms. The number of amides is 2. The highest BCUT2D eigenvalue weighted by atomic mass is 16.5. The Kier molecular flexibility index (Phi) is 6.33. The molecule has 3 rings (SSSR count). The fourth-order valence-electron chi connectivity index (χ4n) is 3.16. The molecule has 1 aromatic heterocycles. The molecular formula is C20H23N3O3. The summed E-state index contributed by atoms with van der Waals surface area (Å²) in [6, 6.07) is 12.6. The Hall–Kier alpha value is -2.73. The van der Waals surface area contributed by atoms with Crippen molar-refractivity contribution in [2.75, 3.05) is 19.8 Å². The molecule has 6 heteroatoms. The maximum Gasteiger partial charge on any atom is 0.251 e. The summed E-state index contributed by atoms with van der Waals surface area (Å²) in [4.78, 5) is 28.7. The van der Waals surface area contributed by atoms with Gasteiger partial charge in [0.25, 0.3) is 5.91 Å². The normalized spacial score (nSPS) is 15.8. The topological polar surface area (TPSA) is 80.3 Å². The van der Waals surface area contributed by atoms with E-state index in [0.29, 0.717) is 24.7 Å². The van der Waals surface area contributed by atoms with E-state index in [2.05, 4.69) is 15.6 Å². The van der Waals surface area contributed by atoms with Crippen LogP contribution >= 0.6 is 0 Å². The second kappa shape index (κ2) is 9.10. The smallest absolute Gasteiger partial charge is 0.251 e. The predicted octanol–water partition coefficient (Wildman–Crippen LogP) is 2.10. The Morgan fingerprint density at radius 1 is 1.12 bits per heavy atom. The predicted molar refractivity (Wildman–Crippen MR) is 97.4 cm³/mol. The summed E-state index contributed by atoms with van der Waals surface area (Å²) in [5.41, 5.74) is 1.51. The molecule has 0 spiro atoms. The van der Waals surface area contributed by atoms with Gasteiger partial charge >= 0.3 is 0 Å². The number of ether oxygens (including phenoxy) is 1. The van der Waals surface area contributed by atoms with Gasteiger partial charge in [-0.15, -0.1) is 0 Å². The average molecular weight is 353 g/mol. The van der Waals surface area contributed by atoms with Crippen LogP contribution in [-0.2, 0) is 9.53 Å². The maximum atomic E-state index is 12.4. The third kappa shape index (κ3) is 4.89. The van der Waals surface area contributed by atoms with Gasteiger partial charge in [-0.2, -0.15) is 0 Å². The number of benzene rings is 1. The van der Waals surface area contributed by atoms with Crippen molar-refractivity contribution in [2.45, 2.75) is 18.9 Å². The number of carbonyl (C=O) groups excluding carboxylic acids is 2. The summed E-state index contributed by atoms with van der Waals surface area (Å²) in [6.07, 6.45) is 5.27. The number of hydrogen-bond donors (Lipinski definition) is 2. The lowest BCUT2D eigenvalue weighted by Gasteiger charge is -2.31. The molecule has 1 aromatic carbocycles. The zero-order chi connectivity index (χ0) is 18.2. The van der Waals surface area contributed by atoms with E-state index in [0.717, 1.165) is 18.4 Å². The minimum Gasteiger partial charge on any atom is -0.381 e. The molecule has 1 aliphatic heterocycles. The first kappa shape index (κ1) is 18.1. The van der Waals surface area contributed by atoms with Gasteiger partial charge in [0.2, 0.25) is 5.91 Å². The summed E-state index contributed by atoms with van der Waals surface area (Å²) >= 11 is 0. The molecular weight excluding hydrogens is 330 g/mol. The van der Waals surface area contributed by atoms with E-state index in [9.17, 15) is 9.59 Å². The SMILES string of the molecule is O=C(CNC(=O)c1ccccc1)NC(c1cccnc1)C1CCOCC1. The third-order valence-corrected chi connectivity index (χ3v) is 4.54. The minimum atomic E-state index is -0.259. The van der Waals surface area contributed by atoms with Gasteiger partial charge in [0.15, 0.2) is 0 Å². The first-order valence-electron chi connectivity index (χ1n) is 8.84. The standard InChI is InChI=1S/C20H23N3O3/c24-18(14-22-20(25)16-5-2-1-3-6-16)23-19(15-8-11-26-12-9-15)17-7-4-10-21-13-17/h1-7,10,13,15,19H,8-9,11-12,14H2,(H,22,25)(H,23,24). The molecule has 1 aliphatic rings. The summed E-state index contributed by atoms with van der Waals surface area (Å²) in [7, 11) is 0. The summed E-state index contributed by atoms with van der Waals surface area (Å²) in [6.45, 7) is 1.33. The van der Waals surface area contributed by atoms with Gasteiger partial charge in [-0.05, 0) is 42.5 Å². The number of carbonyl (C=O) groups is 2. The number of nitrogens with zero attached hydrogens (tertiary/aromatic N) is 1. The van der Waals surface area contributed by atoms with E-state index in [1.165, 1.54) is 0 Å². The zero-order valence-electron chi connectivity index (χ0n) is 14.6. The Morgan fingerprint density at radius 2 is 1.88 bits per heavy atom. The molecule has 2 N–H and O–H groups in total. The van der Waals surface area contributed by atoms with E-state index in [4.69, 9.17) is 4.74 Å². The van der Waals surface area contributed by atoms with Crippen molar-refractivity contribution in [3.63, 3.8) is 0 Å². The van der Waals surface area contributed by atoms with Gasteiger partial charge in [0, 0.05) is 31.2 Å². The highest BCUT2D eigenvalue weighted by molar-refractivity contribution is 5.96. The molecule has 1 fully saturated rings. The largest absolute Gasteiger partial charge is 0.381 e. The lowest BCUT2D eigenvalue weighted by atomic mass is 9.87. The van der Waals surface area contributed by atoms with Gasteiger partial charge in [0.1, 0.15) is 0 Å². The van der Waals surface area contributed by atoms with Crippen LogP contribution in [0.2, 0.25) is 0 Å². The molecule has 1 unspecified atom stereocenters. The van der Waals surface area contributed by atoms with Gasteiger partial charge in [-0.1, -0.05) is 24.3 Å². The van der Waals surface area contributed by atoms with Crippen molar-refractivity contribution in [1.82, 2.24) is 15.6 Å². The Labute approximate surface area is 153 Å². The molecule has 2 heterocycles. The molecule has 26 heavy (non-hydrogen) atoms. The highest BCUT2D eigenvalue weighted by Gasteiger charge is 2.27. The molecule has 2 aromatic rings. The molecule has 6 nitrogen and oxygen atoms in total. The van der Waals surface area contributed by atoms with Crippen LogP contribution in [0, 0.1) is 5.92 Å². The molecule has 2 amide bonds. The summed E-state index contributed by atoms with van der Waals surface area (Å²) in [5.74, 6) is -0.180. The number of hydrogen-bond acceptors (Lipinski definition) is 4. The average Bonchev–Trinajstić information content (AvgIpc) is 2.72. The molecule has 0 aliphatic carbocycles.